The number of pyridine rings is 2. The molecule has 0 bridgehead atoms. The van der Waals surface area contributed by atoms with Gasteiger partial charge in [0.25, 0.3) is 0 Å². The third-order valence-corrected chi connectivity index (χ3v) is 5.88. The van der Waals surface area contributed by atoms with Crippen molar-refractivity contribution in [3.05, 3.63) is 41.3 Å². The number of fused-ring (bicyclic) bond motifs is 2. The molecule has 0 aliphatic carbocycles. The summed E-state index contributed by atoms with van der Waals surface area (Å²) in [6, 6.07) is 2.66. The second-order valence-electron chi connectivity index (χ2n) is 8.55. The number of aromatic amines is 1. The maximum absolute atomic E-state index is 13.5. The van der Waals surface area contributed by atoms with Crippen LogP contribution in [0.15, 0.2) is 24.7 Å². The van der Waals surface area contributed by atoms with Gasteiger partial charge in [-0.3, -0.25) is 4.79 Å². The van der Waals surface area contributed by atoms with Crippen LogP contribution >= 0.6 is 0 Å². The number of nitrogens with zero attached hydrogens (tertiary/aromatic N) is 7. The Morgan fingerprint density at radius 1 is 1.26 bits per heavy atom. The van der Waals surface area contributed by atoms with Crippen LogP contribution in [-0.2, 0) is 4.79 Å². The molecule has 1 N–H and O–H groups in total. The number of amides is 1. The first-order valence-corrected chi connectivity index (χ1v) is 11.0. The molecule has 9 nitrogen and oxygen atoms in total. The van der Waals surface area contributed by atoms with Crippen molar-refractivity contribution < 1.29 is 22.6 Å². The SMILES string of the molecule is [2H]C([2H])([2H])N(C)C([2H])([2H])C(=O)N1C([2H])([2H])C([2H])([2H])N(c2ccc3[nH]c(-c4cn5ncnc5c(C)c4C)c(C(C)C)c3n2)C([2H])([2H])C1([2H])[2H]. The van der Waals surface area contributed by atoms with E-state index in [1.54, 1.807) is 10.7 Å². The number of carbonyl (C=O) groups is 1. The minimum Gasteiger partial charge on any atom is -0.353 e. The van der Waals surface area contributed by atoms with E-state index in [1.165, 1.54) is 18.5 Å². The number of nitrogens with one attached hydrogen (secondary N) is 1. The van der Waals surface area contributed by atoms with Gasteiger partial charge in [-0.05, 0) is 57.0 Å². The van der Waals surface area contributed by atoms with E-state index in [0.717, 1.165) is 16.7 Å². The minimum absolute atomic E-state index is 0.0394. The lowest BCUT2D eigenvalue weighted by Gasteiger charge is -2.36. The molecule has 184 valence electrons. The Morgan fingerprint density at radius 2 is 2.03 bits per heavy atom. The number of anilines is 1. The first kappa shape index (κ1) is 12.5. The predicted octanol–water partition coefficient (Wildman–Crippen LogP) is 3.22. The lowest BCUT2D eigenvalue weighted by atomic mass is 9.95. The zero-order valence-electron chi connectivity index (χ0n) is 32.9. The van der Waals surface area contributed by atoms with Gasteiger partial charge in [-0.2, -0.15) is 5.10 Å². The summed E-state index contributed by atoms with van der Waals surface area (Å²) in [5, 5.41) is 4.26. The van der Waals surface area contributed by atoms with E-state index in [-0.39, 0.29) is 21.2 Å². The van der Waals surface area contributed by atoms with Crippen molar-refractivity contribution in [2.75, 3.05) is 51.4 Å². The zero-order valence-corrected chi connectivity index (χ0v) is 19.9. The van der Waals surface area contributed by atoms with Crippen molar-refractivity contribution in [1.82, 2.24) is 34.4 Å². The van der Waals surface area contributed by atoms with E-state index in [1.807, 2.05) is 27.7 Å². The third kappa shape index (κ3) is 4.14. The number of aromatic nitrogens is 5. The maximum Gasteiger partial charge on any atom is 0.236 e. The summed E-state index contributed by atoms with van der Waals surface area (Å²) >= 11 is 0. The fourth-order valence-corrected chi connectivity index (χ4v) is 4.09. The molecule has 0 aromatic carbocycles. The molecule has 0 atom stereocenters. The molecule has 1 aliphatic heterocycles. The van der Waals surface area contributed by atoms with Crippen LogP contribution in [0.25, 0.3) is 27.9 Å². The Morgan fingerprint density at radius 3 is 2.74 bits per heavy atom. The molecule has 0 radical (unpaired) electrons. The summed E-state index contributed by atoms with van der Waals surface area (Å²) in [6.07, 6.45) is 3.22. The molecule has 4 aromatic rings. The second-order valence-corrected chi connectivity index (χ2v) is 8.55. The van der Waals surface area contributed by atoms with Gasteiger partial charge in [0.1, 0.15) is 12.1 Å². The van der Waals surface area contributed by atoms with E-state index in [2.05, 4.69) is 20.1 Å². The van der Waals surface area contributed by atoms with Gasteiger partial charge in [0.2, 0.25) is 5.91 Å². The smallest absolute Gasteiger partial charge is 0.236 e. The molecule has 0 spiro atoms. The van der Waals surface area contributed by atoms with Gasteiger partial charge < -0.3 is 19.7 Å². The van der Waals surface area contributed by atoms with Gasteiger partial charge in [-0.25, -0.2) is 14.5 Å². The topological polar surface area (TPSA) is 85.7 Å². The summed E-state index contributed by atoms with van der Waals surface area (Å²) < 4.78 is 110. The van der Waals surface area contributed by atoms with Crippen LogP contribution in [0.3, 0.4) is 0 Å². The highest BCUT2D eigenvalue weighted by Gasteiger charge is 2.24. The van der Waals surface area contributed by atoms with Crippen LogP contribution in [0.5, 0.6) is 0 Å². The van der Waals surface area contributed by atoms with Crippen molar-refractivity contribution in [2.45, 2.75) is 33.6 Å². The van der Waals surface area contributed by atoms with E-state index in [4.69, 9.17) is 17.8 Å². The van der Waals surface area contributed by atoms with Crippen molar-refractivity contribution in [1.29, 1.82) is 0 Å². The summed E-state index contributed by atoms with van der Waals surface area (Å²) in [6.45, 7) is -14.0. The third-order valence-electron chi connectivity index (χ3n) is 5.88. The van der Waals surface area contributed by atoms with Gasteiger partial charge in [-0.1, -0.05) is 13.8 Å². The number of piperazine rings is 1. The first-order valence-electron chi connectivity index (χ1n) is 17.5. The Balaban J connectivity index is 1.70. The molecular weight excluding hydrogens is 440 g/mol. The zero-order chi connectivity index (χ0) is 36.3. The Kier molecular flexibility index (Phi) is 3.20. The summed E-state index contributed by atoms with van der Waals surface area (Å²) in [5.74, 6) is -2.84. The number of hydrogen-bond donors (Lipinski definition) is 1. The molecule has 5 rings (SSSR count). The van der Waals surface area contributed by atoms with Crippen molar-refractivity contribution in [3.63, 3.8) is 0 Å². The predicted molar refractivity (Wildman–Crippen MR) is 139 cm³/mol. The van der Waals surface area contributed by atoms with Crippen molar-refractivity contribution >= 4 is 28.4 Å². The molecule has 4 aromatic heterocycles. The monoisotopic (exact) mass is 487 g/mol. The molecule has 1 amide bonds. The molecular formula is C26H34N8O. The van der Waals surface area contributed by atoms with Gasteiger partial charge in [0, 0.05) is 47.4 Å². The lowest BCUT2D eigenvalue weighted by molar-refractivity contribution is -0.132. The second kappa shape index (κ2) is 8.96. The normalized spacial score (nSPS) is 26.8. The largest absolute Gasteiger partial charge is 0.353 e. The standard InChI is InChI=1S/C26H34N8O/c1-16(2)23-24(19-13-34-26(27-15-28-34)18(4)17(19)3)29-20-7-8-21(30-25(20)23)32-9-11-33(12-10-32)22(35)14-31(5)6/h7-8,13,15-16,29H,9-12,14H2,1-6H3/i5D3,9D2,10D2,11D2,12D2,14D2. The quantitative estimate of drug-likeness (QED) is 0.465. The summed E-state index contributed by atoms with van der Waals surface area (Å²) in [5.41, 5.74) is 5.23. The Labute approximate surface area is 224 Å². The molecule has 1 aliphatic rings. The molecule has 35 heavy (non-hydrogen) atoms. The first-order chi connectivity index (χ1) is 21.7. The highest BCUT2D eigenvalue weighted by Crippen LogP contribution is 2.37. The van der Waals surface area contributed by atoms with E-state index >= 15 is 0 Å². The van der Waals surface area contributed by atoms with Crippen molar-refractivity contribution in [2.24, 2.45) is 0 Å². The molecule has 1 saturated heterocycles. The summed E-state index contributed by atoms with van der Waals surface area (Å²) in [7, 11) is 0.693. The molecule has 1 fully saturated rings. The summed E-state index contributed by atoms with van der Waals surface area (Å²) in [4.78, 5) is 25.3. The average Bonchev–Trinajstić information content (AvgIpc) is 3.57. The van der Waals surface area contributed by atoms with Gasteiger partial charge >= 0.3 is 0 Å². The van der Waals surface area contributed by atoms with Crippen LogP contribution < -0.4 is 4.90 Å². The van der Waals surface area contributed by atoms with Gasteiger partial charge in [0.05, 0.1) is 36.9 Å². The number of H-pyrrole nitrogens is 1. The van der Waals surface area contributed by atoms with Crippen LogP contribution in [0.2, 0.25) is 0 Å². The highest BCUT2D eigenvalue weighted by atomic mass is 16.2. The van der Waals surface area contributed by atoms with Gasteiger partial charge in [-0.15, -0.1) is 0 Å². The van der Waals surface area contributed by atoms with E-state index in [0.29, 0.717) is 29.5 Å². The van der Waals surface area contributed by atoms with E-state index < -0.39 is 56.1 Å². The molecule has 0 unspecified atom stereocenters. The number of aryl methyl sites for hydroxylation is 1. The number of hydrogen-bond acceptors (Lipinski definition) is 6. The van der Waals surface area contributed by atoms with Crippen LogP contribution in [0.4, 0.5) is 5.82 Å². The lowest BCUT2D eigenvalue weighted by Crippen LogP contribution is -2.50. The fraction of sp³-hybridized carbons (Fsp3) is 0.462. The van der Waals surface area contributed by atoms with Crippen LogP contribution in [0, 0.1) is 13.8 Å². The minimum atomic E-state index is -3.77. The average molecular weight is 488 g/mol. The molecule has 9 heteroatoms. The fourth-order valence-electron chi connectivity index (χ4n) is 4.09. The molecule has 0 saturated carbocycles. The number of rotatable bonds is 5. The highest BCUT2D eigenvalue weighted by molar-refractivity contribution is 5.90. The van der Waals surface area contributed by atoms with Gasteiger partial charge in [0.15, 0.2) is 5.65 Å². The Hall–Kier alpha value is -3.46. The Bertz CT molecular complexity index is 1900. The molecule has 5 heterocycles. The van der Waals surface area contributed by atoms with Crippen LogP contribution in [-0.4, -0.2) is 86.8 Å². The van der Waals surface area contributed by atoms with Crippen LogP contribution in [0.1, 0.15) is 54.3 Å². The van der Waals surface area contributed by atoms with Crippen molar-refractivity contribution in [3.8, 4) is 11.3 Å². The number of likely N-dealkylation sites (N-methyl/N-ethyl adjacent to an activating group) is 1. The number of carbonyl (C=O) groups excluding carboxylic acids is 1. The van der Waals surface area contributed by atoms with E-state index in [9.17, 15) is 4.79 Å². The maximum atomic E-state index is 13.5.